The smallest absolute Gasteiger partial charge is 0.377 e. The molecular formula is C19H15F4N. The molecule has 1 heterocycles. The first kappa shape index (κ1) is 15.2. The van der Waals surface area contributed by atoms with E-state index in [9.17, 15) is 17.6 Å². The summed E-state index contributed by atoms with van der Waals surface area (Å²) in [5.41, 5.74) is 0.791. The molecule has 2 aromatic rings. The highest BCUT2D eigenvalue weighted by molar-refractivity contribution is 5.65. The Kier molecular flexibility index (Phi) is 3.41. The molecule has 1 aliphatic carbocycles. The molecule has 1 nitrogen and oxygen atoms in total. The van der Waals surface area contributed by atoms with Crippen molar-refractivity contribution in [1.82, 2.24) is 0 Å². The fraction of sp³-hybridized carbons (Fsp3) is 0.263. The molecule has 0 saturated carbocycles. The topological polar surface area (TPSA) is 12.0 Å². The molecule has 0 aromatic heterocycles. The van der Waals surface area contributed by atoms with Crippen LogP contribution in [0.1, 0.15) is 35.1 Å². The average Bonchev–Trinajstić information content (AvgIpc) is 3.02. The Bertz CT molecular complexity index is 809. The van der Waals surface area contributed by atoms with E-state index in [4.69, 9.17) is 0 Å². The van der Waals surface area contributed by atoms with Gasteiger partial charge in [-0.05, 0) is 41.7 Å². The lowest BCUT2D eigenvalue weighted by Gasteiger charge is -2.38. The van der Waals surface area contributed by atoms with Crippen molar-refractivity contribution in [3.8, 4) is 0 Å². The van der Waals surface area contributed by atoms with E-state index in [0.717, 1.165) is 12.5 Å². The lowest BCUT2D eigenvalue weighted by atomic mass is 9.76. The van der Waals surface area contributed by atoms with E-state index in [1.165, 1.54) is 18.2 Å². The molecular weight excluding hydrogens is 318 g/mol. The third-order valence-corrected chi connectivity index (χ3v) is 4.91. The zero-order chi connectivity index (χ0) is 16.9. The zero-order valence-electron chi connectivity index (χ0n) is 12.6. The van der Waals surface area contributed by atoms with Gasteiger partial charge in [0.2, 0.25) is 0 Å². The summed E-state index contributed by atoms with van der Waals surface area (Å²) in [6, 6.07) is 10.0. The summed E-state index contributed by atoms with van der Waals surface area (Å²) >= 11 is 0. The van der Waals surface area contributed by atoms with E-state index < -0.39 is 11.7 Å². The molecule has 1 aliphatic heterocycles. The highest BCUT2D eigenvalue weighted by Crippen LogP contribution is 2.52. The van der Waals surface area contributed by atoms with Gasteiger partial charge in [-0.25, -0.2) is 4.39 Å². The zero-order valence-corrected chi connectivity index (χ0v) is 12.6. The molecule has 2 aliphatic rings. The number of hydrogen-bond donors (Lipinski definition) is 1. The second-order valence-corrected chi connectivity index (χ2v) is 6.30. The summed E-state index contributed by atoms with van der Waals surface area (Å²) in [5, 5.41) is 3.06. The number of halogens is 4. The van der Waals surface area contributed by atoms with Crippen LogP contribution in [-0.2, 0) is 6.18 Å². The largest absolute Gasteiger partial charge is 0.418 e. The van der Waals surface area contributed by atoms with Crippen LogP contribution in [0.5, 0.6) is 0 Å². The van der Waals surface area contributed by atoms with Crippen LogP contribution in [0.2, 0.25) is 0 Å². The van der Waals surface area contributed by atoms with Crippen LogP contribution >= 0.6 is 0 Å². The van der Waals surface area contributed by atoms with Gasteiger partial charge in [0.1, 0.15) is 5.82 Å². The molecule has 0 radical (unpaired) electrons. The fourth-order valence-corrected chi connectivity index (χ4v) is 3.89. The van der Waals surface area contributed by atoms with Gasteiger partial charge in [-0.1, -0.05) is 36.4 Å². The number of para-hydroxylation sites is 1. The second kappa shape index (κ2) is 5.36. The van der Waals surface area contributed by atoms with Crippen LogP contribution in [0.4, 0.5) is 23.2 Å². The predicted octanol–water partition coefficient (Wildman–Crippen LogP) is 5.67. The minimum absolute atomic E-state index is 0.0859. The van der Waals surface area contributed by atoms with Crippen molar-refractivity contribution < 1.29 is 17.6 Å². The third kappa shape index (κ3) is 2.39. The van der Waals surface area contributed by atoms with E-state index in [-0.39, 0.29) is 29.4 Å². The minimum atomic E-state index is -4.43. The lowest BCUT2D eigenvalue weighted by molar-refractivity contribution is -0.137. The summed E-state index contributed by atoms with van der Waals surface area (Å²) in [7, 11) is 0. The number of fused-ring (bicyclic) bond motifs is 3. The van der Waals surface area contributed by atoms with Crippen molar-refractivity contribution in [1.29, 1.82) is 0 Å². The monoisotopic (exact) mass is 333 g/mol. The summed E-state index contributed by atoms with van der Waals surface area (Å²) in [4.78, 5) is 0. The number of benzene rings is 2. The Morgan fingerprint density at radius 2 is 1.83 bits per heavy atom. The number of allylic oxidation sites excluding steroid dienone is 2. The highest BCUT2D eigenvalue weighted by Gasteiger charge is 2.42. The molecule has 24 heavy (non-hydrogen) atoms. The van der Waals surface area contributed by atoms with Crippen molar-refractivity contribution in [2.45, 2.75) is 24.6 Å². The Morgan fingerprint density at radius 1 is 1.04 bits per heavy atom. The molecule has 0 spiro atoms. The van der Waals surface area contributed by atoms with Gasteiger partial charge in [-0.3, -0.25) is 0 Å². The van der Waals surface area contributed by atoms with Crippen LogP contribution in [-0.4, -0.2) is 0 Å². The molecule has 1 N–H and O–H groups in total. The summed E-state index contributed by atoms with van der Waals surface area (Å²) in [6.45, 7) is 0. The molecule has 0 fully saturated rings. The van der Waals surface area contributed by atoms with E-state index in [1.54, 1.807) is 18.2 Å². The number of nitrogens with one attached hydrogen (secondary N) is 1. The molecule has 4 rings (SSSR count). The minimum Gasteiger partial charge on any atom is -0.377 e. The molecule has 0 amide bonds. The molecule has 124 valence electrons. The van der Waals surface area contributed by atoms with Gasteiger partial charge in [0.15, 0.2) is 0 Å². The maximum absolute atomic E-state index is 13.6. The second-order valence-electron chi connectivity index (χ2n) is 6.30. The standard InChI is InChI=1S/C19H15F4N/c20-12-5-1-4-11(10-12)17-14-7-2-6-13(14)15-8-3-9-16(18(15)24-17)19(21,22)23/h1-6,8-10,13-14,17,24H,7H2/t13-,14-,17-/m0/s1. The number of alkyl halides is 3. The third-order valence-electron chi connectivity index (χ3n) is 4.91. The predicted molar refractivity (Wildman–Crippen MR) is 84.2 cm³/mol. The first-order valence-electron chi connectivity index (χ1n) is 7.84. The van der Waals surface area contributed by atoms with Crippen molar-refractivity contribution in [2.75, 3.05) is 5.32 Å². The Labute approximate surface area is 137 Å². The lowest BCUT2D eigenvalue weighted by Crippen LogP contribution is -2.30. The molecule has 0 saturated heterocycles. The highest BCUT2D eigenvalue weighted by atomic mass is 19.4. The quantitative estimate of drug-likeness (QED) is 0.524. The van der Waals surface area contributed by atoms with Crippen LogP contribution in [0.25, 0.3) is 0 Å². The molecule has 2 aromatic carbocycles. The molecule has 0 unspecified atom stereocenters. The maximum atomic E-state index is 13.6. The normalized spacial score (nSPS) is 25.1. The van der Waals surface area contributed by atoms with E-state index in [0.29, 0.717) is 11.1 Å². The van der Waals surface area contributed by atoms with Gasteiger partial charge < -0.3 is 5.32 Å². The Morgan fingerprint density at radius 3 is 2.58 bits per heavy atom. The SMILES string of the molecule is Fc1cccc([C@@H]2Nc3c(cccc3C(F)(F)F)[C@H]3C=CC[C@@H]32)c1. The number of hydrogen-bond acceptors (Lipinski definition) is 1. The number of anilines is 1. The van der Waals surface area contributed by atoms with Crippen LogP contribution in [0.3, 0.4) is 0 Å². The first-order chi connectivity index (χ1) is 11.4. The summed E-state index contributed by atoms with van der Waals surface area (Å²) in [6.07, 6.45) is 0.296. The number of rotatable bonds is 1. The van der Waals surface area contributed by atoms with Gasteiger partial charge >= 0.3 is 6.18 Å². The van der Waals surface area contributed by atoms with Crippen LogP contribution in [0, 0.1) is 11.7 Å². The van der Waals surface area contributed by atoms with Crippen molar-refractivity contribution >= 4 is 5.69 Å². The van der Waals surface area contributed by atoms with Crippen molar-refractivity contribution in [3.63, 3.8) is 0 Å². The first-order valence-corrected chi connectivity index (χ1v) is 7.84. The van der Waals surface area contributed by atoms with E-state index in [1.807, 2.05) is 12.2 Å². The fourth-order valence-electron chi connectivity index (χ4n) is 3.89. The van der Waals surface area contributed by atoms with E-state index >= 15 is 0 Å². The summed E-state index contributed by atoms with van der Waals surface area (Å²) < 4.78 is 53.8. The molecule has 5 heteroatoms. The van der Waals surface area contributed by atoms with Crippen LogP contribution < -0.4 is 5.32 Å². The Balaban J connectivity index is 1.85. The van der Waals surface area contributed by atoms with Gasteiger partial charge in [-0.15, -0.1) is 0 Å². The van der Waals surface area contributed by atoms with E-state index in [2.05, 4.69) is 5.32 Å². The van der Waals surface area contributed by atoms with Gasteiger partial charge in [-0.2, -0.15) is 13.2 Å². The Hall–Kier alpha value is -2.30. The van der Waals surface area contributed by atoms with Gasteiger partial charge in [0.05, 0.1) is 17.3 Å². The van der Waals surface area contributed by atoms with Crippen LogP contribution in [0.15, 0.2) is 54.6 Å². The average molecular weight is 333 g/mol. The van der Waals surface area contributed by atoms with Crippen molar-refractivity contribution in [3.05, 3.63) is 77.1 Å². The van der Waals surface area contributed by atoms with Gasteiger partial charge in [0.25, 0.3) is 0 Å². The maximum Gasteiger partial charge on any atom is 0.418 e. The van der Waals surface area contributed by atoms with Crippen molar-refractivity contribution in [2.24, 2.45) is 5.92 Å². The van der Waals surface area contributed by atoms with Gasteiger partial charge in [0, 0.05) is 5.92 Å². The molecule has 3 atom stereocenters. The molecule has 0 bridgehead atoms. The summed E-state index contributed by atoms with van der Waals surface area (Å²) in [5.74, 6) is -0.383.